The number of benzene rings is 7. The van der Waals surface area contributed by atoms with Gasteiger partial charge in [-0.15, -0.1) is 0 Å². The summed E-state index contributed by atoms with van der Waals surface area (Å²) in [4.78, 5) is 20.3. The molecule has 3 heterocycles. The first kappa shape index (κ1) is 30.6. The summed E-state index contributed by atoms with van der Waals surface area (Å²) in [6, 6.07) is 65.0. The minimum absolute atomic E-state index is 0.616. The van der Waals surface area contributed by atoms with Crippen molar-refractivity contribution < 1.29 is 0 Å². The maximum absolute atomic E-state index is 5.32. The van der Waals surface area contributed by atoms with Crippen molar-refractivity contribution in [1.29, 1.82) is 0 Å². The second kappa shape index (κ2) is 12.8. The average Bonchev–Trinajstić information content (AvgIpc) is 3.60. The summed E-state index contributed by atoms with van der Waals surface area (Å²) in [5.41, 5.74) is 11.4. The lowest BCUT2D eigenvalue weighted by atomic mass is 10.0. The molecular formula is C48H31N5. The standard InChI is InChI=1S/C48H31N5/c1-4-14-32(15-5-1)33-24-28-36(29-25-33)47-50-46(35-16-6-2-7-17-35)51-48(52-47)37-30-26-34(27-31-37)44-43-40-21-11-13-23-42(40)53(38-18-8-3-9-19-38)45(43)39-20-10-12-22-41(39)49-44/h1-31H. The quantitative estimate of drug-likeness (QED) is 0.176. The average molecular weight is 678 g/mol. The summed E-state index contributed by atoms with van der Waals surface area (Å²) in [5.74, 6) is 1.88. The minimum atomic E-state index is 0.616. The van der Waals surface area contributed by atoms with Crippen molar-refractivity contribution >= 4 is 32.7 Å². The SMILES string of the molecule is c1ccc(-c2ccc(-c3nc(-c4ccccc4)nc(-c4ccc(-c5nc6ccccc6c6c5c5ccccc5n6-c5ccccc5)cc4)n3)cc2)cc1. The molecule has 10 aromatic rings. The molecule has 0 amide bonds. The second-order valence-electron chi connectivity index (χ2n) is 13.1. The van der Waals surface area contributed by atoms with Crippen LogP contribution in [0.3, 0.4) is 0 Å². The Morgan fingerprint density at radius 3 is 1.38 bits per heavy atom. The Kier molecular flexibility index (Phi) is 7.40. The Labute approximate surface area is 306 Å². The first-order valence-corrected chi connectivity index (χ1v) is 17.7. The number of fused-ring (bicyclic) bond motifs is 5. The highest BCUT2D eigenvalue weighted by Crippen LogP contribution is 2.41. The summed E-state index contributed by atoms with van der Waals surface area (Å²) >= 11 is 0. The van der Waals surface area contributed by atoms with E-state index in [1.54, 1.807) is 0 Å². The van der Waals surface area contributed by atoms with E-state index in [9.17, 15) is 0 Å². The minimum Gasteiger partial charge on any atom is -0.308 e. The van der Waals surface area contributed by atoms with Crippen LogP contribution in [0, 0.1) is 0 Å². The van der Waals surface area contributed by atoms with Gasteiger partial charge >= 0.3 is 0 Å². The fourth-order valence-electron chi connectivity index (χ4n) is 7.31. The fourth-order valence-corrected chi connectivity index (χ4v) is 7.31. The van der Waals surface area contributed by atoms with Crippen LogP contribution >= 0.6 is 0 Å². The summed E-state index contributed by atoms with van der Waals surface area (Å²) in [6.07, 6.45) is 0. The van der Waals surface area contributed by atoms with Crippen molar-refractivity contribution in [3.05, 3.63) is 188 Å². The zero-order valence-electron chi connectivity index (χ0n) is 28.6. The second-order valence-corrected chi connectivity index (χ2v) is 13.1. The molecule has 0 radical (unpaired) electrons. The number of hydrogen-bond acceptors (Lipinski definition) is 4. The van der Waals surface area contributed by atoms with E-state index in [-0.39, 0.29) is 0 Å². The molecule has 0 atom stereocenters. The molecule has 3 aromatic heterocycles. The summed E-state index contributed by atoms with van der Waals surface area (Å²) in [7, 11) is 0. The molecule has 0 saturated heterocycles. The van der Waals surface area contributed by atoms with Gasteiger partial charge in [-0.1, -0.05) is 164 Å². The van der Waals surface area contributed by atoms with E-state index < -0.39 is 0 Å². The highest BCUT2D eigenvalue weighted by atomic mass is 15.0. The number of rotatable bonds is 6. The van der Waals surface area contributed by atoms with E-state index in [2.05, 4.69) is 156 Å². The van der Waals surface area contributed by atoms with Gasteiger partial charge in [0, 0.05) is 44.1 Å². The molecule has 0 fully saturated rings. The highest BCUT2D eigenvalue weighted by molar-refractivity contribution is 6.22. The maximum atomic E-state index is 5.32. The first-order chi connectivity index (χ1) is 26.3. The van der Waals surface area contributed by atoms with Gasteiger partial charge in [0.15, 0.2) is 17.5 Å². The monoisotopic (exact) mass is 677 g/mol. The fraction of sp³-hybridized carbons (Fsp3) is 0. The molecule has 0 aliphatic heterocycles. The molecule has 5 nitrogen and oxygen atoms in total. The van der Waals surface area contributed by atoms with Crippen LogP contribution in [0.5, 0.6) is 0 Å². The van der Waals surface area contributed by atoms with Crippen LogP contribution in [-0.4, -0.2) is 24.5 Å². The van der Waals surface area contributed by atoms with Crippen LogP contribution in [0.25, 0.3) is 94.9 Å². The summed E-state index contributed by atoms with van der Waals surface area (Å²) in [5, 5.41) is 3.41. The van der Waals surface area contributed by atoms with E-state index in [4.69, 9.17) is 19.9 Å². The molecule has 0 bridgehead atoms. The van der Waals surface area contributed by atoms with Gasteiger partial charge in [-0.3, -0.25) is 0 Å². The molecule has 0 saturated carbocycles. The topological polar surface area (TPSA) is 56.5 Å². The molecule has 0 aliphatic rings. The van der Waals surface area contributed by atoms with Gasteiger partial charge < -0.3 is 4.57 Å². The lowest BCUT2D eigenvalue weighted by Crippen LogP contribution is -2.00. The predicted molar refractivity (Wildman–Crippen MR) is 217 cm³/mol. The molecule has 0 unspecified atom stereocenters. The number of para-hydroxylation sites is 3. The molecule has 53 heavy (non-hydrogen) atoms. The third-order valence-electron chi connectivity index (χ3n) is 9.85. The van der Waals surface area contributed by atoms with Crippen molar-refractivity contribution in [2.75, 3.05) is 0 Å². The molecule has 7 aromatic carbocycles. The van der Waals surface area contributed by atoms with Gasteiger partial charge in [0.1, 0.15) is 0 Å². The van der Waals surface area contributed by atoms with Gasteiger partial charge in [0.2, 0.25) is 0 Å². The van der Waals surface area contributed by atoms with E-state index in [1.807, 2.05) is 36.4 Å². The molecular weight excluding hydrogens is 647 g/mol. The Balaban J connectivity index is 1.12. The van der Waals surface area contributed by atoms with Crippen molar-refractivity contribution in [3.63, 3.8) is 0 Å². The first-order valence-electron chi connectivity index (χ1n) is 17.7. The zero-order chi connectivity index (χ0) is 35.1. The van der Waals surface area contributed by atoms with E-state index in [0.717, 1.165) is 71.9 Å². The highest BCUT2D eigenvalue weighted by Gasteiger charge is 2.21. The van der Waals surface area contributed by atoms with Gasteiger partial charge in [0.05, 0.1) is 22.2 Å². The van der Waals surface area contributed by atoms with Crippen LogP contribution in [0.1, 0.15) is 0 Å². The maximum Gasteiger partial charge on any atom is 0.164 e. The number of hydrogen-bond donors (Lipinski definition) is 0. The third kappa shape index (κ3) is 5.43. The number of nitrogens with zero attached hydrogens (tertiary/aromatic N) is 5. The number of aromatic nitrogens is 5. The van der Waals surface area contributed by atoms with Crippen molar-refractivity contribution in [3.8, 4) is 62.2 Å². The van der Waals surface area contributed by atoms with Crippen LogP contribution in [0.2, 0.25) is 0 Å². The Bertz CT molecular complexity index is 2900. The van der Waals surface area contributed by atoms with E-state index in [0.29, 0.717) is 17.5 Å². The normalized spacial score (nSPS) is 11.4. The van der Waals surface area contributed by atoms with Crippen LogP contribution < -0.4 is 0 Å². The van der Waals surface area contributed by atoms with Crippen LogP contribution in [-0.2, 0) is 0 Å². The van der Waals surface area contributed by atoms with E-state index in [1.165, 1.54) is 5.56 Å². The summed E-state index contributed by atoms with van der Waals surface area (Å²) in [6.45, 7) is 0. The molecule has 0 aliphatic carbocycles. The van der Waals surface area contributed by atoms with Crippen LogP contribution in [0.15, 0.2) is 188 Å². The lowest BCUT2D eigenvalue weighted by Gasteiger charge is -2.12. The van der Waals surface area contributed by atoms with Crippen molar-refractivity contribution in [2.24, 2.45) is 0 Å². The Morgan fingerprint density at radius 1 is 0.321 bits per heavy atom. The Morgan fingerprint density at radius 2 is 0.755 bits per heavy atom. The summed E-state index contributed by atoms with van der Waals surface area (Å²) < 4.78 is 2.37. The van der Waals surface area contributed by atoms with Gasteiger partial charge in [-0.2, -0.15) is 0 Å². The molecule has 0 N–H and O–H groups in total. The zero-order valence-corrected chi connectivity index (χ0v) is 28.6. The molecule has 0 spiro atoms. The molecule has 248 valence electrons. The van der Waals surface area contributed by atoms with Crippen LogP contribution in [0.4, 0.5) is 0 Å². The smallest absolute Gasteiger partial charge is 0.164 e. The Hall–Kier alpha value is -7.24. The van der Waals surface area contributed by atoms with Gasteiger partial charge in [-0.25, -0.2) is 19.9 Å². The third-order valence-corrected chi connectivity index (χ3v) is 9.85. The largest absolute Gasteiger partial charge is 0.308 e. The van der Waals surface area contributed by atoms with E-state index >= 15 is 0 Å². The van der Waals surface area contributed by atoms with Crippen molar-refractivity contribution in [1.82, 2.24) is 24.5 Å². The molecule has 5 heteroatoms. The number of pyridine rings is 1. The predicted octanol–water partition coefficient (Wildman–Crippen LogP) is 11.9. The van der Waals surface area contributed by atoms with Gasteiger partial charge in [0.25, 0.3) is 0 Å². The lowest BCUT2D eigenvalue weighted by molar-refractivity contribution is 1.07. The molecule has 10 rings (SSSR count). The van der Waals surface area contributed by atoms with Crippen molar-refractivity contribution in [2.45, 2.75) is 0 Å². The van der Waals surface area contributed by atoms with Gasteiger partial charge in [-0.05, 0) is 35.4 Å².